The number of hydrogen-bond donors (Lipinski definition) is 3. The molecule has 1 aromatic carbocycles. The number of nitrogens with one attached hydrogen (secondary N) is 2. The maximum atomic E-state index is 12.8. The van der Waals surface area contributed by atoms with Crippen LogP contribution in [0.15, 0.2) is 53.3 Å². The summed E-state index contributed by atoms with van der Waals surface area (Å²) in [6.45, 7) is 4.63. The Morgan fingerprint density at radius 2 is 2.03 bits per heavy atom. The topological polar surface area (TPSA) is 135 Å². The molecule has 0 spiro atoms. The van der Waals surface area contributed by atoms with Crippen LogP contribution in [0.2, 0.25) is 0 Å². The molecule has 4 aromatic rings. The lowest BCUT2D eigenvalue weighted by atomic mass is 10.1. The molecular formula is C22H22N6O4. The Kier molecular flexibility index (Phi) is 5.45. The summed E-state index contributed by atoms with van der Waals surface area (Å²) in [5, 5.41) is 19.1. The van der Waals surface area contributed by atoms with Crippen LogP contribution in [0, 0.1) is 6.92 Å². The van der Waals surface area contributed by atoms with Crippen molar-refractivity contribution in [3.05, 3.63) is 65.9 Å². The third kappa shape index (κ3) is 4.35. The van der Waals surface area contributed by atoms with Crippen molar-refractivity contribution in [2.45, 2.75) is 32.9 Å². The minimum atomic E-state index is -1.51. The number of pyridine rings is 1. The predicted molar refractivity (Wildman–Crippen MR) is 116 cm³/mol. The normalized spacial score (nSPS) is 11.5. The van der Waals surface area contributed by atoms with Crippen LogP contribution in [0.1, 0.15) is 35.8 Å². The van der Waals surface area contributed by atoms with Gasteiger partial charge in [-0.25, -0.2) is 4.98 Å². The molecule has 0 aliphatic rings. The van der Waals surface area contributed by atoms with Gasteiger partial charge in [0, 0.05) is 17.4 Å². The number of anilines is 1. The minimum Gasteiger partial charge on any atom is -0.381 e. The first kappa shape index (κ1) is 21.2. The second-order valence-electron chi connectivity index (χ2n) is 7.81. The first-order chi connectivity index (χ1) is 15.2. The third-order valence-electron chi connectivity index (χ3n) is 4.82. The molecule has 0 fully saturated rings. The van der Waals surface area contributed by atoms with E-state index in [1.807, 2.05) is 37.3 Å². The van der Waals surface area contributed by atoms with Gasteiger partial charge in [0.15, 0.2) is 0 Å². The molecule has 0 atom stereocenters. The number of aliphatic hydroxyl groups is 1. The standard InChI is InChI=1S/C22H22N6O4/c1-13-7-8-14(19-26-18(32-27-19)12-24-21(30)22(2,3)31)10-15(13)25-20(29)16-11-23-17-6-4-5-9-28(16)17/h4-11,31H,12H2,1-3H3,(H,24,30)(H,25,29). The van der Waals surface area contributed by atoms with E-state index in [9.17, 15) is 14.7 Å². The van der Waals surface area contributed by atoms with E-state index in [-0.39, 0.29) is 18.3 Å². The van der Waals surface area contributed by atoms with Gasteiger partial charge in [0.1, 0.15) is 16.9 Å². The summed E-state index contributed by atoms with van der Waals surface area (Å²) >= 11 is 0. The fourth-order valence-corrected chi connectivity index (χ4v) is 3.00. The molecule has 2 amide bonds. The average Bonchev–Trinajstić information content (AvgIpc) is 3.40. The highest BCUT2D eigenvalue weighted by atomic mass is 16.5. The Balaban J connectivity index is 1.51. The molecule has 10 nitrogen and oxygen atoms in total. The van der Waals surface area contributed by atoms with E-state index >= 15 is 0 Å². The maximum absolute atomic E-state index is 12.8. The Hall–Kier alpha value is -4.05. The van der Waals surface area contributed by atoms with E-state index in [1.54, 1.807) is 16.7 Å². The zero-order valence-corrected chi connectivity index (χ0v) is 17.8. The van der Waals surface area contributed by atoms with E-state index in [2.05, 4.69) is 25.8 Å². The molecule has 0 aliphatic heterocycles. The fraction of sp³-hybridized carbons (Fsp3) is 0.227. The second kappa shape index (κ2) is 8.23. The number of benzene rings is 1. The van der Waals surface area contributed by atoms with Gasteiger partial charge in [-0.15, -0.1) is 0 Å². The summed E-state index contributed by atoms with van der Waals surface area (Å²) in [5.41, 5.74) is 1.67. The predicted octanol–water partition coefficient (Wildman–Crippen LogP) is 2.33. The molecule has 3 heterocycles. The lowest BCUT2D eigenvalue weighted by molar-refractivity contribution is -0.136. The Morgan fingerprint density at radius 1 is 1.22 bits per heavy atom. The molecule has 4 rings (SSSR count). The van der Waals surface area contributed by atoms with Crippen molar-refractivity contribution in [2.75, 3.05) is 5.32 Å². The van der Waals surface area contributed by atoms with Crippen LogP contribution in [0.25, 0.3) is 17.0 Å². The number of hydrogen-bond acceptors (Lipinski definition) is 7. The Labute approximate surface area is 183 Å². The van der Waals surface area contributed by atoms with Crippen molar-refractivity contribution < 1.29 is 19.2 Å². The largest absolute Gasteiger partial charge is 0.381 e. The highest BCUT2D eigenvalue weighted by Gasteiger charge is 2.24. The third-order valence-corrected chi connectivity index (χ3v) is 4.82. The number of aromatic nitrogens is 4. The number of aryl methyl sites for hydroxylation is 1. The van der Waals surface area contributed by atoms with Gasteiger partial charge in [0.2, 0.25) is 11.7 Å². The number of carbonyl (C=O) groups excluding carboxylic acids is 2. The summed E-state index contributed by atoms with van der Waals surface area (Å²) in [6, 6.07) is 10.9. The summed E-state index contributed by atoms with van der Waals surface area (Å²) in [6.07, 6.45) is 3.30. The van der Waals surface area contributed by atoms with Crippen molar-refractivity contribution in [3.63, 3.8) is 0 Å². The molecule has 3 aromatic heterocycles. The van der Waals surface area contributed by atoms with Crippen LogP contribution in [0.4, 0.5) is 5.69 Å². The number of imidazole rings is 1. The van der Waals surface area contributed by atoms with E-state index in [0.29, 0.717) is 28.4 Å². The number of nitrogens with zero attached hydrogens (tertiary/aromatic N) is 4. The summed E-state index contributed by atoms with van der Waals surface area (Å²) in [7, 11) is 0. The van der Waals surface area contributed by atoms with Crippen LogP contribution < -0.4 is 10.6 Å². The molecule has 0 saturated carbocycles. The van der Waals surface area contributed by atoms with E-state index in [4.69, 9.17) is 4.52 Å². The first-order valence-corrected chi connectivity index (χ1v) is 9.90. The molecule has 0 bridgehead atoms. The molecule has 0 saturated heterocycles. The Bertz CT molecular complexity index is 1300. The minimum absolute atomic E-state index is 0.0143. The highest BCUT2D eigenvalue weighted by Crippen LogP contribution is 2.24. The van der Waals surface area contributed by atoms with Gasteiger partial charge < -0.3 is 20.3 Å². The SMILES string of the molecule is Cc1ccc(-c2noc(CNC(=O)C(C)(C)O)n2)cc1NC(=O)c1cnc2ccccn12. The van der Waals surface area contributed by atoms with Crippen molar-refractivity contribution in [1.29, 1.82) is 0 Å². The van der Waals surface area contributed by atoms with E-state index in [0.717, 1.165) is 5.56 Å². The van der Waals surface area contributed by atoms with E-state index in [1.165, 1.54) is 20.0 Å². The van der Waals surface area contributed by atoms with Crippen molar-refractivity contribution >= 4 is 23.1 Å². The monoisotopic (exact) mass is 434 g/mol. The lowest BCUT2D eigenvalue weighted by Crippen LogP contribution is -2.41. The first-order valence-electron chi connectivity index (χ1n) is 9.90. The smallest absolute Gasteiger partial charge is 0.274 e. The number of amides is 2. The van der Waals surface area contributed by atoms with Gasteiger partial charge in [-0.1, -0.05) is 23.4 Å². The second-order valence-corrected chi connectivity index (χ2v) is 7.81. The number of fused-ring (bicyclic) bond motifs is 1. The summed E-state index contributed by atoms with van der Waals surface area (Å²) in [5.74, 6) is -0.352. The molecule has 0 radical (unpaired) electrons. The number of rotatable bonds is 6. The van der Waals surface area contributed by atoms with Gasteiger partial charge in [0.05, 0.1) is 12.7 Å². The van der Waals surface area contributed by atoms with Crippen LogP contribution >= 0.6 is 0 Å². The molecule has 10 heteroatoms. The molecule has 164 valence electrons. The van der Waals surface area contributed by atoms with Gasteiger partial charge in [-0.05, 0) is 44.5 Å². The lowest BCUT2D eigenvalue weighted by Gasteiger charge is -2.15. The molecular weight excluding hydrogens is 412 g/mol. The van der Waals surface area contributed by atoms with Crippen LogP contribution in [-0.4, -0.2) is 42.0 Å². The van der Waals surface area contributed by atoms with Gasteiger partial charge in [-0.3, -0.25) is 14.0 Å². The summed E-state index contributed by atoms with van der Waals surface area (Å²) in [4.78, 5) is 33.1. The van der Waals surface area contributed by atoms with Crippen molar-refractivity contribution in [1.82, 2.24) is 24.8 Å². The van der Waals surface area contributed by atoms with Gasteiger partial charge >= 0.3 is 0 Å². The Morgan fingerprint density at radius 3 is 2.81 bits per heavy atom. The zero-order valence-electron chi connectivity index (χ0n) is 17.8. The van der Waals surface area contributed by atoms with Crippen molar-refractivity contribution in [3.8, 4) is 11.4 Å². The van der Waals surface area contributed by atoms with Crippen molar-refractivity contribution in [2.24, 2.45) is 0 Å². The average molecular weight is 434 g/mol. The fourth-order valence-electron chi connectivity index (χ4n) is 3.00. The molecule has 0 aliphatic carbocycles. The summed E-state index contributed by atoms with van der Waals surface area (Å²) < 4.78 is 6.89. The van der Waals surface area contributed by atoms with Gasteiger partial charge in [0.25, 0.3) is 11.8 Å². The zero-order chi connectivity index (χ0) is 22.9. The van der Waals surface area contributed by atoms with Gasteiger partial charge in [-0.2, -0.15) is 4.98 Å². The molecule has 0 unspecified atom stereocenters. The van der Waals surface area contributed by atoms with E-state index < -0.39 is 11.5 Å². The maximum Gasteiger partial charge on any atom is 0.274 e. The quantitative estimate of drug-likeness (QED) is 0.424. The molecule has 32 heavy (non-hydrogen) atoms. The van der Waals surface area contributed by atoms with Crippen LogP contribution in [0.3, 0.4) is 0 Å². The number of carbonyl (C=O) groups is 2. The van der Waals surface area contributed by atoms with Crippen LogP contribution in [0.5, 0.6) is 0 Å². The van der Waals surface area contributed by atoms with Crippen LogP contribution in [-0.2, 0) is 11.3 Å². The highest BCUT2D eigenvalue weighted by molar-refractivity contribution is 6.04. The molecule has 3 N–H and O–H groups in total.